The second-order valence-corrected chi connectivity index (χ2v) is 9.33. The molecule has 1 aliphatic heterocycles. The zero-order chi connectivity index (χ0) is 22.7. The van der Waals surface area contributed by atoms with Crippen molar-refractivity contribution in [3.05, 3.63) is 60.0 Å². The maximum Gasteiger partial charge on any atom is 0.324 e. The Kier molecular flexibility index (Phi) is 6.24. The van der Waals surface area contributed by atoms with E-state index in [0.29, 0.717) is 30.0 Å². The summed E-state index contributed by atoms with van der Waals surface area (Å²) in [6, 6.07) is 12.8. The fraction of sp³-hybridized carbons (Fsp3) is 0.318. The van der Waals surface area contributed by atoms with Crippen LogP contribution in [0.25, 0.3) is 11.4 Å². The summed E-state index contributed by atoms with van der Waals surface area (Å²) in [4.78, 5) is 17.1. The number of carbonyl (C=O) groups excluding carboxylic acids is 1. The number of carbonyl (C=O) groups is 1. The van der Waals surface area contributed by atoms with Gasteiger partial charge in [-0.15, -0.1) is 0 Å². The fourth-order valence-electron chi connectivity index (χ4n) is 3.53. The molecule has 1 fully saturated rings. The summed E-state index contributed by atoms with van der Waals surface area (Å²) >= 11 is 0. The number of hydrogen-bond acceptors (Lipinski definition) is 8. The predicted molar refractivity (Wildman–Crippen MR) is 114 cm³/mol. The average Bonchev–Trinajstić information content (AvgIpc) is 3.48. The molecule has 0 amide bonds. The maximum atomic E-state index is 13.0. The van der Waals surface area contributed by atoms with E-state index in [4.69, 9.17) is 14.0 Å². The lowest BCUT2D eigenvalue weighted by molar-refractivity contribution is -0.149. The maximum absolute atomic E-state index is 13.0. The zero-order valence-corrected chi connectivity index (χ0v) is 18.5. The second-order valence-electron chi connectivity index (χ2n) is 7.44. The molecule has 0 spiro atoms. The molecule has 2 aromatic carbocycles. The van der Waals surface area contributed by atoms with Crippen LogP contribution in [0.15, 0.2) is 57.9 Å². The lowest BCUT2D eigenvalue weighted by Gasteiger charge is -2.22. The molecule has 1 unspecified atom stereocenters. The van der Waals surface area contributed by atoms with Crippen molar-refractivity contribution in [2.75, 3.05) is 13.7 Å². The first-order chi connectivity index (χ1) is 15.4. The van der Waals surface area contributed by atoms with E-state index in [1.165, 1.54) is 4.31 Å². The third-order valence-corrected chi connectivity index (χ3v) is 7.16. The highest BCUT2D eigenvalue weighted by molar-refractivity contribution is 7.89. The van der Waals surface area contributed by atoms with Crippen LogP contribution in [0.4, 0.5) is 0 Å². The largest absolute Gasteiger partial charge is 0.497 e. The van der Waals surface area contributed by atoms with Crippen LogP contribution in [0, 0.1) is 6.92 Å². The van der Waals surface area contributed by atoms with Crippen LogP contribution in [0.2, 0.25) is 0 Å². The highest BCUT2D eigenvalue weighted by Gasteiger charge is 2.40. The predicted octanol–water partition coefficient (Wildman–Crippen LogP) is 2.95. The van der Waals surface area contributed by atoms with Crippen LogP contribution in [-0.4, -0.2) is 48.5 Å². The average molecular weight is 458 g/mol. The minimum absolute atomic E-state index is 0.113. The van der Waals surface area contributed by atoms with E-state index in [0.717, 1.165) is 5.56 Å². The summed E-state index contributed by atoms with van der Waals surface area (Å²) in [5, 5.41) is 3.90. The zero-order valence-electron chi connectivity index (χ0n) is 17.7. The van der Waals surface area contributed by atoms with E-state index in [9.17, 15) is 13.2 Å². The number of nitrogens with zero attached hydrogens (tertiary/aromatic N) is 3. The van der Waals surface area contributed by atoms with Gasteiger partial charge in [0.15, 0.2) is 6.61 Å². The topological polar surface area (TPSA) is 112 Å². The Morgan fingerprint density at radius 3 is 2.75 bits per heavy atom. The SMILES string of the molecule is COc1cccc(-c2noc(COC(=O)C3CCCN3S(=O)(=O)c3ccc(C)cc3)n2)c1. The number of hydrogen-bond donors (Lipinski definition) is 0. The van der Waals surface area contributed by atoms with Crippen molar-refractivity contribution in [2.45, 2.75) is 37.3 Å². The first-order valence-electron chi connectivity index (χ1n) is 10.1. The smallest absolute Gasteiger partial charge is 0.324 e. The summed E-state index contributed by atoms with van der Waals surface area (Å²) in [6.07, 6.45) is 0.966. The van der Waals surface area contributed by atoms with Gasteiger partial charge in [0.2, 0.25) is 15.8 Å². The Morgan fingerprint density at radius 1 is 1.22 bits per heavy atom. The van der Waals surface area contributed by atoms with Gasteiger partial charge in [0.1, 0.15) is 11.8 Å². The van der Waals surface area contributed by atoms with E-state index >= 15 is 0 Å². The molecule has 0 N–H and O–H groups in total. The fourth-order valence-corrected chi connectivity index (χ4v) is 5.18. The Bertz CT molecular complexity index is 1210. The number of methoxy groups -OCH3 is 1. The molecule has 0 aliphatic carbocycles. The molecule has 2 heterocycles. The number of rotatable bonds is 7. The number of esters is 1. The van der Waals surface area contributed by atoms with E-state index in [1.54, 1.807) is 55.6 Å². The molecule has 10 heteroatoms. The molecule has 1 saturated heterocycles. The van der Waals surface area contributed by atoms with Crippen molar-refractivity contribution in [2.24, 2.45) is 0 Å². The Hall–Kier alpha value is -3.24. The number of sulfonamides is 1. The Morgan fingerprint density at radius 2 is 2.00 bits per heavy atom. The molecular weight excluding hydrogens is 434 g/mol. The molecule has 4 rings (SSSR count). The second kappa shape index (κ2) is 9.09. The van der Waals surface area contributed by atoms with Crippen LogP contribution in [0.3, 0.4) is 0 Å². The van der Waals surface area contributed by atoms with E-state index in [2.05, 4.69) is 10.1 Å². The number of benzene rings is 2. The molecular formula is C22H23N3O6S. The summed E-state index contributed by atoms with van der Waals surface area (Å²) in [5.41, 5.74) is 1.64. The van der Waals surface area contributed by atoms with Crippen molar-refractivity contribution in [1.29, 1.82) is 0 Å². The molecule has 32 heavy (non-hydrogen) atoms. The van der Waals surface area contributed by atoms with Gasteiger partial charge in [0.25, 0.3) is 5.89 Å². The lowest BCUT2D eigenvalue weighted by Crippen LogP contribution is -2.41. The quantitative estimate of drug-likeness (QED) is 0.498. The lowest BCUT2D eigenvalue weighted by atomic mass is 10.2. The van der Waals surface area contributed by atoms with Gasteiger partial charge in [-0.05, 0) is 44.0 Å². The van der Waals surface area contributed by atoms with Gasteiger partial charge in [0, 0.05) is 12.1 Å². The first kappa shape index (κ1) is 22.0. The third-order valence-electron chi connectivity index (χ3n) is 5.24. The molecule has 3 aromatic rings. The molecule has 1 atom stereocenters. The van der Waals surface area contributed by atoms with Crippen molar-refractivity contribution < 1.29 is 27.2 Å². The Balaban J connectivity index is 1.42. The highest BCUT2D eigenvalue weighted by Crippen LogP contribution is 2.27. The summed E-state index contributed by atoms with van der Waals surface area (Å²) in [6.45, 7) is 1.89. The molecule has 0 saturated carbocycles. The summed E-state index contributed by atoms with van der Waals surface area (Å²) in [5.74, 6) is 0.456. The Labute approximate surface area is 186 Å². The van der Waals surface area contributed by atoms with Crippen molar-refractivity contribution in [3.63, 3.8) is 0 Å². The number of aromatic nitrogens is 2. The first-order valence-corrected chi connectivity index (χ1v) is 11.5. The highest BCUT2D eigenvalue weighted by atomic mass is 32.2. The van der Waals surface area contributed by atoms with Gasteiger partial charge in [-0.3, -0.25) is 4.79 Å². The number of ether oxygens (including phenoxy) is 2. The van der Waals surface area contributed by atoms with E-state index in [1.807, 2.05) is 6.92 Å². The molecule has 1 aliphatic rings. The van der Waals surface area contributed by atoms with Gasteiger partial charge in [-0.25, -0.2) is 8.42 Å². The molecule has 168 valence electrons. The van der Waals surface area contributed by atoms with Crippen molar-refractivity contribution >= 4 is 16.0 Å². The van der Waals surface area contributed by atoms with Crippen molar-refractivity contribution in [3.8, 4) is 17.1 Å². The van der Waals surface area contributed by atoms with Gasteiger partial charge in [0.05, 0.1) is 12.0 Å². The normalized spacial score (nSPS) is 16.8. The molecule has 1 aromatic heterocycles. The van der Waals surface area contributed by atoms with E-state index < -0.39 is 22.0 Å². The van der Waals surface area contributed by atoms with Gasteiger partial charge in [-0.2, -0.15) is 9.29 Å². The van der Waals surface area contributed by atoms with Crippen LogP contribution in [-0.2, 0) is 26.2 Å². The number of aryl methyl sites for hydroxylation is 1. The van der Waals surface area contributed by atoms with Crippen LogP contribution in [0.5, 0.6) is 5.75 Å². The van der Waals surface area contributed by atoms with Gasteiger partial charge < -0.3 is 14.0 Å². The molecule has 0 bridgehead atoms. The van der Waals surface area contributed by atoms with Crippen molar-refractivity contribution in [1.82, 2.24) is 14.4 Å². The van der Waals surface area contributed by atoms with Crippen LogP contribution < -0.4 is 4.74 Å². The summed E-state index contributed by atoms with van der Waals surface area (Å²) < 4.78 is 42.9. The molecule has 9 nitrogen and oxygen atoms in total. The van der Waals surface area contributed by atoms with E-state index in [-0.39, 0.29) is 23.9 Å². The summed E-state index contributed by atoms with van der Waals surface area (Å²) in [7, 11) is -2.24. The van der Waals surface area contributed by atoms with Crippen LogP contribution >= 0.6 is 0 Å². The minimum atomic E-state index is -3.80. The van der Waals surface area contributed by atoms with Crippen LogP contribution in [0.1, 0.15) is 24.3 Å². The standard InChI is InChI=1S/C22H23N3O6S/c1-15-8-10-18(11-9-15)32(27,28)25-12-4-7-19(25)22(26)30-14-20-23-21(24-31-20)16-5-3-6-17(13-16)29-2/h3,5-6,8-11,13,19H,4,7,12,14H2,1-2H3. The van der Waals surface area contributed by atoms with Gasteiger partial charge >= 0.3 is 5.97 Å². The molecule has 0 radical (unpaired) electrons. The van der Waals surface area contributed by atoms with Gasteiger partial charge in [-0.1, -0.05) is 35.0 Å². The monoisotopic (exact) mass is 457 g/mol. The third kappa shape index (κ3) is 4.51. The minimum Gasteiger partial charge on any atom is -0.497 e.